The van der Waals surface area contributed by atoms with E-state index in [0.717, 1.165) is 30.1 Å². The number of rotatable bonds is 11. The zero-order valence-electron chi connectivity index (χ0n) is 25.4. The van der Waals surface area contributed by atoms with Gasteiger partial charge in [0.05, 0.1) is 6.10 Å². The second-order valence-corrected chi connectivity index (χ2v) is 13.8. The van der Waals surface area contributed by atoms with E-state index in [1.165, 1.54) is 50.5 Å². The van der Waals surface area contributed by atoms with Gasteiger partial charge in [0.15, 0.2) is 0 Å². The zero-order valence-corrected chi connectivity index (χ0v) is 25.4. The Morgan fingerprint density at radius 3 is 2.27 bits per heavy atom. The number of aliphatic hydroxyl groups is 1. The molecule has 0 aliphatic heterocycles. The molecule has 1 N–H and O–H groups in total. The Morgan fingerprint density at radius 1 is 0.946 bits per heavy atom. The highest BCUT2D eigenvalue weighted by atomic mass is 16.7. The van der Waals surface area contributed by atoms with Gasteiger partial charge in [-0.15, -0.1) is 0 Å². The van der Waals surface area contributed by atoms with Gasteiger partial charge < -0.3 is 19.3 Å². The van der Waals surface area contributed by atoms with E-state index in [1.54, 1.807) is 0 Å². The van der Waals surface area contributed by atoms with Crippen LogP contribution in [0.1, 0.15) is 113 Å². The first-order chi connectivity index (χ1) is 17.6. The maximum atomic E-state index is 11.3. The molecule has 214 valence electrons. The van der Waals surface area contributed by atoms with E-state index in [9.17, 15) is 5.11 Å². The van der Waals surface area contributed by atoms with Crippen molar-refractivity contribution in [3.05, 3.63) is 11.6 Å². The first kappa shape index (κ1) is 29.6. The van der Waals surface area contributed by atoms with Crippen LogP contribution in [-0.4, -0.2) is 42.9 Å². The number of allylic oxidation sites excluding steroid dienone is 1. The molecule has 9 atom stereocenters. The summed E-state index contributed by atoms with van der Waals surface area (Å²) in [7, 11) is 0. The summed E-state index contributed by atoms with van der Waals surface area (Å²) in [4.78, 5) is 0. The molecule has 0 bridgehead atoms. The van der Waals surface area contributed by atoms with Crippen LogP contribution in [0.25, 0.3) is 0 Å². The van der Waals surface area contributed by atoms with E-state index in [0.29, 0.717) is 43.5 Å². The molecule has 1 unspecified atom stereocenters. The molecular weight excluding hydrogens is 460 g/mol. The van der Waals surface area contributed by atoms with E-state index in [1.807, 2.05) is 6.92 Å². The first-order valence-electron chi connectivity index (χ1n) is 15.9. The molecule has 4 aliphatic rings. The highest BCUT2D eigenvalue weighted by molar-refractivity contribution is 5.32. The number of fused-ring (bicyclic) bond motifs is 5. The lowest BCUT2D eigenvalue weighted by Crippen LogP contribution is -2.71. The SMILES string of the molecule is CCOC1[C@H](O)CC2=CC[C@H]3[C@@H]4CC[C@H]([C@H](C)CCCC(C)C)[C@@]4(C)CC[C@@H]3[C@@]2(C)C1(OCC)OCC. The lowest BCUT2D eigenvalue weighted by atomic mass is 9.45. The van der Waals surface area contributed by atoms with Gasteiger partial charge in [-0.3, -0.25) is 0 Å². The van der Waals surface area contributed by atoms with Crippen molar-refractivity contribution in [1.82, 2.24) is 0 Å². The molecule has 4 aliphatic carbocycles. The van der Waals surface area contributed by atoms with Crippen LogP contribution in [0.2, 0.25) is 0 Å². The highest BCUT2D eigenvalue weighted by Crippen LogP contribution is 2.69. The van der Waals surface area contributed by atoms with Gasteiger partial charge in [0, 0.05) is 25.2 Å². The Kier molecular flexibility index (Phi) is 9.26. The average molecular weight is 519 g/mol. The summed E-state index contributed by atoms with van der Waals surface area (Å²) in [6, 6.07) is 0. The van der Waals surface area contributed by atoms with Crippen LogP contribution in [0.5, 0.6) is 0 Å². The molecule has 0 aromatic rings. The van der Waals surface area contributed by atoms with Crippen molar-refractivity contribution in [3.63, 3.8) is 0 Å². The summed E-state index contributed by atoms with van der Waals surface area (Å²) < 4.78 is 19.7. The third-order valence-electron chi connectivity index (χ3n) is 11.6. The smallest absolute Gasteiger partial charge is 0.206 e. The largest absolute Gasteiger partial charge is 0.390 e. The molecule has 4 rings (SSSR count). The quantitative estimate of drug-likeness (QED) is 0.224. The van der Waals surface area contributed by atoms with Crippen LogP contribution >= 0.6 is 0 Å². The summed E-state index contributed by atoms with van der Waals surface area (Å²) in [5.74, 6) is 3.42. The Bertz CT molecular complexity index is 785. The van der Waals surface area contributed by atoms with Gasteiger partial charge in [0.1, 0.15) is 6.10 Å². The lowest BCUT2D eigenvalue weighted by molar-refractivity contribution is -0.369. The summed E-state index contributed by atoms with van der Waals surface area (Å²) in [5, 5.41) is 11.3. The van der Waals surface area contributed by atoms with Crippen molar-refractivity contribution in [3.8, 4) is 0 Å². The van der Waals surface area contributed by atoms with Crippen LogP contribution in [0.15, 0.2) is 11.6 Å². The van der Waals surface area contributed by atoms with Crippen LogP contribution in [0.4, 0.5) is 0 Å². The normalized spacial score (nSPS) is 41.6. The Balaban J connectivity index is 1.66. The predicted molar refractivity (Wildman–Crippen MR) is 151 cm³/mol. The summed E-state index contributed by atoms with van der Waals surface area (Å²) in [6.07, 6.45) is 12.6. The Labute approximate surface area is 228 Å². The van der Waals surface area contributed by atoms with Crippen molar-refractivity contribution in [2.45, 2.75) is 131 Å². The van der Waals surface area contributed by atoms with E-state index in [4.69, 9.17) is 14.2 Å². The molecule has 4 heteroatoms. The molecule has 0 spiro atoms. The topological polar surface area (TPSA) is 47.9 Å². The van der Waals surface area contributed by atoms with E-state index in [-0.39, 0.29) is 5.41 Å². The fraction of sp³-hybridized carbons (Fsp3) is 0.939. The molecule has 0 saturated heterocycles. The highest BCUT2D eigenvalue weighted by Gasteiger charge is 2.70. The Morgan fingerprint density at radius 2 is 1.65 bits per heavy atom. The van der Waals surface area contributed by atoms with E-state index >= 15 is 0 Å². The number of hydrogen-bond acceptors (Lipinski definition) is 4. The standard InChI is InChI=1S/C33H58O4/c1-9-35-30-29(34)21-24-15-16-25-27-18-17-26(23(6)14-12-13-22(4)5)31(27,7)20-19-28(25)32(24,8)33(30,36-10-2)37-11-3/h15,22-23,25-30,34H,9-14,16-21H2,1-8H3/t23-,25+,26-,27+,28+,29-,30?,31-,32+/m1/s1. The van der Waals surface area contributed by atoms with Crippen molar-refractivity contribution < 1.29 is 19.3 Å². The van der Waals surface area contributed by atoms with Gasteiger partial charge >= 0.3 is 0 Å². The van der Waals surface area contributed by atoms with Gasteiger partial charge in [0.2, 0.25) is 5.79 Å². The van der Waals surface area contributed by atoms with Crippen LogP contribution in [0.3, 0.4) is 0 Å². The van der Waals surface area contributed by atoms with Gasteiger partial charge in [-0.05, 0) is 100 Å². The third-order valence-corrected chi connectivity index (χ3v) is 11.6. The minimum Gasteiger partial charge on any atom is -0.390 e. The summed E-state index contributed by atoms with van der Waals surface area (Å²) in [5.41, 5.74) is 1.50. The fourth-order valence-electron chi connectivity index (χ4n) is 10.1. The molecule has 4 nitrogen and oxygen atoms in total. The second-order valence-electron chi connectivity index (χ2n) is 13.8. The van der Waals surface area contributed by atoms with Gasteiger partial charge in [-0.1, -0.05) is 65.5 Å². The molecule has 0 aromatic carbocycles. The van der Waals surface area contributed by atoms with Gasteiger partial charge in [-0.2, -0.15) is 0 Å². The van der Waals surface area contributed by atoms with Gasteiger partial charge in [0.25, 0.3) is 0 Å². The van der Waals surface area contributed by atoms with Gasteiger partial charge in [-0.25, -0.2) is 0 Å². The molecule has 0 amide bonds. The summed E-state index contributed by atoms with van der Waals surface area (Å²) in [6.45, 7) is 20.1. The molecule has 0 aromatic heterocycles. The first-order valence-corrected chi connectivity index (χ1v) is 15.9. The minimum absolute atomic E-state index is 0.288. The monoisotopic (exact) mass is 518 g/mol. The maximum absolute atomic E-state index is 11.3. The average Bonchev–Trinajstić information content (AvgIpc) is 3.20. The lowest BCUT2D eigenvalue weighted by Gasteiger charge is -2.65. The minimum atomic E-state index is -0.949. The van der Waals surface area contributed by atoms with Crippen molar-refractivity contribution in [2.24, 2.45) is 46.3 Å². The molecule has 0 heterocycles. The number of ether oxygens (including phenoxy) is 3. The number of aliphatic hydroxyl groups excluding tert-OH is 1. The molecule has 3 fully saturated rings. The summed E-state index contributed by atoms with van der Waals surface area (Å²) >= 11 is 0. The molecule has 37 heavy (non-hydrogen) atoms. The third kappa shape index (κ3) is 4.78. The fourth-order valence-corrected chi connectivity index (χ4v) is 10.1. The van der Waals surface area contributed by atoms with Crippen molar-refractivity contribution in [2.75, 3.05) is 19.8 Å². The molecule has 0 radical (unpaired) electrons. The zero-order chi connectivity index (χ0) is 27.0. The van der Waals surface area contributed by atoms with Crippen molar-refractivity contribution in [1.29, 1.82) is 0 Å². The second kappa shape index (κ2) is 11.6. The molecular formula is C33H58O4. The van der Waals surface area contributed by atoms with Crippen LogP contribution in [0, 0.1) is 46.3 Å². The van der Waals surface area contributed by atoms with Crippen molar-refractivity contribution >= 4 is 0 Å². The molecule has 3 saturated carbocycles. The maximum Gasteiger partial charge on any atom is 0.206 e. The predicted octanol–water partition coefficient (Wildman–Crippen LogP) is 7.78. The van der Waals surface area contributed by atoms with E-state index in [2.05, 4.69) is 54.5 Å². The van der Waals surface area contributed by atoms with Crippen LogP contribution in [-0.2, 0) is 14.2 Å². The Hall–Kier alpha value is -0.420. The van der Waals surface area contributed by atoms with Crippen LogP contribution < -0.4 is 0 Å². The van der Waals surface area contributed by atoms with E-state index < -0.39 is 18.0 Å². The number of hydrogen-bond donors (Lipinski definition) is 1.